The lowest BCUT2D eigenvalue weighted by molar-refractivity contribution is -0.117. The van der Waals surface area contributed by atoms with Gasteiger partial charge in [-0.25, -0.2) is 4.68 Å². The number of rotatable bonds is 7. The highest BCUT2D eigenvalue weighted by Crippen LogP contribution is 2.24. The Morgan fingerprint density at radius 1 is 1.00 bits per heavy atom. The summed E-state index contributed by atoms with van der Waals surface area (Å²) in [4.78, 5) is 25.1. The lowest BCUT2D eigenvalue weighted by Crippen LogP contribution is -2.21. The van der Waals surface area contributed by atoms with Crippen LogP contribution in [0.15, 0.2) is 42.5 Å². The fraction of sp³-hybridized carbons (Fsp3) is 0.273. The molecule has 1 heterocycles. The molecule has 1 aromatic heterocycles. The maximum atomic E-state index is 12.7. The zero-order chi connectivity index (χ0) is 21.7. The van der Waals surface area contributed by atoms with E-state index in [-0.39, 0.29) is 24.1 Å². The molecule has 0 unspecified atom stereocenters. The summed E-state index contributed by atoms with van der Waals surface area (Å²) < 4.78 is 6.92. The summed E-state index contributed by atoms with van der Waals surface area (Å²) in [6.07, 6.45) is 0. The Morgan fingerprint density at radius 2 is 1.73 bits per heavy atom. The van der Waals surface area contributed by atoms with E-state index in [9.17, 15) is 9.59 Å². The quantitative estimate of drug-likeness (QED) is 0.625. The largest absolute Gasteiger partial charge is 0.492 e. The number of aryl methyl sites for hydroxylation is 1. The third-order valence-corrected chi connectivity index (χ3v) is 4.80. The summed E-state index contributed by atoms with van der Waals surface area (Å²) in [6, 6.07) is 12.9. The van der Waals surface area contributed by atoms with Crippen molar-refractivity contribution in [2.75, 3.05) is 17.2 Å². The van der Waals surface area contributed by atoms with E-state index in [1.165, 1.54) is 4.68 Å². The predicted octanol–water partition coefficient (Wildman–Crippen LogP) is 3.49. The van der Waals surface area contributed by atoms with E-state index in [1.807, 2.05) is 51.1 Å². The summed E-state index contributed by atoms with van der Waals surface area (Å²) in [6.45, 7) is 7.93. The number of carbonyl (C=O) groups excluding carboxylic acids is 2. The molecule has 0 saturated heterocycles. The minimum atomic E-state index is -0.366. The smallest absolute Gasteiger partial charge is 0.278 e. The van der Waals surface area contributed by atoms with Gasteiger partial charge in [-0.2, -0.15) is 0 Å². The Hall–Kier alpha value is -3.68. The minimum absolute atomic E-state index is 0.0734. The molecule has 8 nitrogen and oxygen atoms in total. The first-order valence-electron chi connectivity index (χ1n) is 9.70. The second kappa shape index (κ2) is 9.21. The fourth-order valence-electron chi connectivity index (χ4n) is 2.97. The summed E-state index contributed by atoms with van der Waals surface area (Å²) in [7, 11) is 0. The molecule has 30 heavy (non-hydrogen) atoms. The van der Waals surface area contributed by atoms with Crippen LogP contribution in [0.1, 0.15) is 34.2 Å². The maximum absolute atomic E-state index is 12.7. The third kappa shape index (κ3) is 4.65. The van der Waals surface area contributed by atoms with E-state index >= 15 is 0 Å². The van der Waals surface area contributed by atoms with Crippen LogP contribution in [0.4, 0.5) is 11.4 Å². The SMILES string of the molecule is CCOc1ccccc1NC(=O)Cn1nnc(C(=O)Nc2cccc(C)c2C)c1C. The number of benzene rings is 2. The molecule has 0 aliphatic heterocycles. The van der Waals surface area contributed by atoms with Crippen molar-refractivity contribution in [2.24, 2.45) is 0 Å². The second-order valence-electron chi connectivity index (χ2n) is 6.86. The first kappa shape index (κ1) is 21.0. The van der Waals surface area contributed by atoms with Crippen molar-refractivity contribution in [2.45, 2.75) is 34.2 Å². The van der Waals surface area contributed by atoms with Crippen LogP contribution in [0.3, 0.4) is 0 Å². The van der Waals surface area contributed by atoms with Crippen LogP contribution in [0.25, 0.3) is 0 Å². The van der Waals surface area contributed by atoms with Gasteiger partial charge in [0.2, 0.25) is 5.91 Å². The number of nitrogens with zero attached hydrogens (tertiary/aromatic N) is 3. The van der Waals surface area contributed by atoms with E-state index in [1.54, 1.807) is 19.1 Å². The van der Waals surface area contributed by atoms with Crippen molar-refractivity contribution in [3.63, 3.8) is 0 Å². The number of nitrogens with one attached hydrogen (secondary N) is 2. The molecule has 0 spiro atoms. The predicted molar refractivity (Wildman–Crippen MR) is 115 cm³/mol. The monoisotopic (exact) mass is 407 g/mol. The maximum Gasteiger partial charge on any atom is 0.278 e. The normalized spacial score (nSPS) is 10.5. The molecule has 8 heteroatoms. The van der Waals surface area contributed by atoms with Crippen LogP contribution in [0.2, 0.25) is 0 Å². The number of anilines is 2. The summed E-state index contributed by atoms with van der Waals surface area (Å²) in [5.74, 6) is -0.0663. The molecular weight excluding hydrogens is 382 g/mol. The van der Waals surface area contributed by atoms with Crippen LogP contribution in [-0.2, 0) is 11.3 Å². The Labute approximate surface area is 175 Å². The van der Waals surface area contributed by atoms with Crippen molar-refractivity contribution < 1.29 is 14.3 Å². The van der Waals surface area contributed by atoms with Crippen LogP contribution < -0.4 is 15.4 Å². The van der Waals surface area contributed by atoms with E-state index in [0.29, 0.717) is 23.7 Å². The average molecular weight is 407 g/mol. The molecule has 3 rings (SSSR count). The van der Waals surface area contributed by atoms with Gasteiger partial charge in [-0.1, -0.05) is 29.5 Å². The van der Waals surface area contributed by atoms with Gasteiger partial charge >= 0.3 is 0 Å². The highest BCUT2D eigenvalue weighted by molar-refractivity contribution is 6.04. The molecule has 0 fully saturated rings. The molecule has 0 aliphatic rings. The van der Waals surface area contributed by atoms with Crippen LogP contribution in [0.5, 0.6) is 5.75 Å². The molecule has 0 radical (unpaired) electrons. The lowest BCUT2D eigenvalue weighted by atomic mass is 10.1. The number of amides is 2. The van der Waals surface area contributed by atoms with Crippen molar-refractivity contribution >= 4 is 23.2 Å². The molecule has 0 saturated carbocycles. The van der Waals surface area contributed by atoms with Gasteiger partial charge in [0.05, 0.1) is 18.0 Å². The lowest BCUT2D eigenvalue weighted by Gasteiger charge is -2.11. The third-order valence-electron chi connectivity index (χ3n) is 4.80. The molecule has 156 valence electrons. The summed E-state index contributed by atoms with van der Waals surface area (Å²) in [5, 5.41) is 13.6. The molecule has 3 aromatic rings. The minimum Gasteiger partial charge on any atom is -0.492 e. The Morgan fingerprint density at radius 3 is 2.50 bits per heavy atom. The highest BCUT2D eigenvalue weighted by atomic mass is 16.5. The molecule has 0 atom stereocenters. The summed E-state index contributed by atoms with van der Waals surface area (Å²) in [5.41, 5.74) is 4.05. The van der Waals surface area contributed by atoms with Crippen LogP contribution in [-0.4, -0.2) is 33.4 Å². The van der Waals surface area contributed by atoms with Gasteiger partial charge in [0.1, 0.15) is 12.3 Å². The molecule has 2 N–H and O–H groups in total. The first-order chi connectivity index (χ1) is 14.4. The van der Waals surface area contributed by atoms with Gasteiger partial charge < -0.3 is 15.4 Å². The van der Waals surface area contributed by atoms with Gasteiger partial charge in [0.15, 0.2) is 5.69 Å². The van der Waals surface area contributed by atoms with E-state index in [2.05, 4.69) is 20.9 Å². The van der Waals surface area contributed by atoms with Gasteiger partial charge in [-0.3, -0.25) is 9.59 Å². The van der Waals surface area contributed by atoms with E-state index in [0.717, 1.165) is 16.8 Å². The van der Waals surface area contributed by atoms with Gasteiger partial charge in [0, 0.05) is 5.69 Å². The molecular formula is C22H25N5O3. The number of aromatic nitrogens is 3. The first-order valence-corrected chi connectivity index (χ1v) is 9.70. The topological polar surface area (TPSA) is 98.1 Å². The van der Waals surface area contributed by atoms with Gasteiger partial charge in [-0.15, -0.1) is 5.10 Å². The van der Waals surface area contributed by atoms with Crippen molar-refractivity contribution in [3.8, 4) is 5.75 Å². The highest BCUT2D eigenvalue weighted by Gasteiger charge is 2.19. The average Bonchev–Trinajstić information content (AvgIpc) is 3.07. The zero-order valence-electron chi connectivity index (χ0n) is 17.5. The van der Waals surface area contributed by atoms with Gasteiger partial charge in [0.25, 0.3) is 5.91 Å². The van der Waals surface area contributed by atoms with E-state index in [4.69, 9.17) is 4.74 Å². The number of carbonyl (C=O) groups is 2. The van der Waals surface area contributed by atoms with Crippen molar-refractivity contribution in [1.82, 2.24) is 15.0 Å². The fourth-order valence-corrected chi connectivity index (χ4v) is 2.97. The molecule has 2 aromatic carbocycles. The van der Waals surface area contributed by atoms with Crippen molar-refractivity contribution in [1.29, 1.82) is 0 Å². The number of ether oxygens (including phenoxy) is 1. The second-order valence-corrected chi connectivity index (χ2v) is 6.86. The standard InChI is InChI=1S/C22H25N5O3/c1-5-30-19-12-7-6-10-18(19)23-20(28)13-27-16(4)21(25-26-27)22(29)24-17-11-8-9-14(2)15(17)3/h6-12H,5,13H2,1-4H3,(H,23,28)(H,24,29). The number of hydrogen-bond acceptors (Lipinski definition) is 5. The van der Waals surface area contributed by atoms with Crippen molar-refractivity contribution in [3.05, 3.63) is 65.0 Å². The molecule has 0 bridgehead atoms. The van der Waals surface area contributed by atoms with Gasteiger partial charge in [-0.05, 0) is 57.0 Å². The zero-order valence-corrected chi connectivity index (χ0v) is 17.5. The summed E-state index contributed by atoms with van der Waals surface area (Å²) >= 11 is 0. The molecule has 2 amide bonds. The molecule has 0 aliphatic carbocycles. The number of para-hydroxylation sites is 2. The van der Waals surface area contributed by atoms with E-state index < -0.39 is 0 Å². The van der Waals surface area contributed by atoms with Crippen LogP contribution in [0, 0.1) is 20.8 Å². The Bertz CT molecular complexity index is 1070. The Balaban J connectivity index is 1.70. The number of hydrogen-bond donors (Lipinski definition) is 2. The Kier molecular flexibility index (Phi) is 6.46. The van der Waals surface area contributed by atoms with Crippen LogP contribution >= 0.6 is 0 Å².